The molecule has 0 unspecified atom stereocenters. The standard InChI is InChI=1S/C15H16N4O2/c1-20-14-5-6-17-12(15(14)21-2)9-19-13-7-11(16)4-3-10(13)8-18-19/h3-8H,9,16H2,1-2H3. The van der Waals surface area contributed by atoms with Crippen LogP contribution >= 0.6 is 0 Å². The van der Waals surface area contributed by atoms with Crippen molar-refractivity contribution >= 4 is 16.6 Å². The highest BCUT2D eigenvalue weighted by atomic mass is 16.5. The van der Waals surface area contributed by atoms with Gasteiger partial charge in [0.1, 0.15) is 5.69 Å². The lowest BCUT2D eigenvalue weighted by molar-refractivity contribution is 0.348. The summed E-state index contributed by atoms with van der Waals surface area (Å²) in [6.45, 7) is 0.479. The summed E-state index contributed by atoms with van der Waals surface area (Å²) in [4.78, 5) is 4.37. The molecule has 2 heterocycles. The average Bonchev–Trinajstić information content (AvgIpc) is 2.89. The summed E-state index contributed by atoms with van der Waals surface area (Å²) in [5, 5.41) is 5.42. The second-order valence-corrected chi connectivity index (χ2v) is 4.61. The molecule has 2 aromatic heterocycles. The number of hydrogen-bond acceptors (Lipinski definition) is 5. The molecule has 0 spiro atoms. The van der Waals surface area contributed by atoms with Gasteiger partial charge in [0.05, 0.1) is 32.5 Å². The zero-order chi connectivity index (χ0) is 14.8. The van der Waals surface area contributed by atoms with Crippen molar-refractivity contribution < 1.29 is 9.47 Å². The van der Waals surface area contributed by atoms with Gasteiger partial charge < -0.3 is 15.2 Å². The van der Waals surface area contributed by atoms with Crippen LogP contribution < -0.4 is 15.2 Å². The van der Waals surface area contributed by atoms with E-state index in [1.165, 1.54) is 0 Å². The molecule has 0 saturated carbocycles. The lowest BCUT2D eigenvalue weighted by Gasteiger charge is -2.12. The van der Waals surface area contributed by atoms with Crippen molar-refractivity contribution in [1.82, 2.24) is 14.8 Å². The first-order valence-corrected chi connectivity index (χ1v) is 6.50. The monoisotopic (exact) mass is 284 g/mol. The van der Waals surface area contributed by atoms with Gasteiger partial charge in [0.15, 0.2) is 11.5 Å². The minimum Gasteiger partial charge on any atom is -0.493 e. The van der Waals surface area contributed by atoms with Crippen LogP contribution in [0.3, 0.4) is 0 Å². The topological polar surface area (TPSA) is 75.2 Å². The van der Waals surface area contributed by atoms with Crippen molar-refractivity contribution in [3.8, 4) is 11.5 Å². The van der Waals surface area contributed by atoms with Crippen LogP contribution in [0.15, 0.2) is 36.7 Å². The molecule has 0 aliphatic carbocycles. The molecular formula is C15H16N4O2. The van der Waals surface area contributed by atoms with E-state index in [1.54, 1.807) is 32.7 Å². The molecule has 0 bridgehead atoms. The highest BCUT2D eigenvalue weighted by Crippen LogP contribution is 2.30. The van der Waals surface area contributed by atoms with E-state index in [0.29, 0.717) is 23.7 Å². The van der Waals surface area contributed by atoms with E-state index in [2.05, 4.69) is 10.1 Å². The number of nitrogen functional groups attached to an aromatic ring is 1. The average molecular weight is 284 g/mol. The summed E-state index contributed by atoms with van der Waals surface area (Å²) >= 11 is 0. The van der Waals surface area contributed by atoms with Gasteiger partial charge in [-0.25, -0.2) is 0 Å². The van der Waals surface area contributed by atoms with E-state index in [1.807, 2.05) is 22.9 Å². The maximum Gasteiger partial charge on any atom is 0.184 e. The van der Waals surface area contributed by atoms with Gasteiger partial charge in [0, 0.05) is 23.3 Å². The van der Waals surface area contributed by atoms with Crippen molar-refractivity contribution in [1.29, 1.82) is 0 Å². The smallest absolute Gasteiger partial charge is 0.184 e. The number of ether oxygens (including phenoxy) is 2. The number of hydrogen-bond donors (Lipinski definition) is 1. The molecule has 0 aliphatic rings. The second-order valence-electron chi connectivity index (χ2n) is 4.61. The molecule has 0 radical (unpaired) electrons. The van der Waals surface area contributed by atoms with Gasteiger partial charge in [-0.1, -0.05) is 0 Å². The van der Waals surface area contributed by atoms with Crippen LogP contribution in [0.1, 0.15) is 5.69 Å². The summed E-state index contributed by atoms with van der Waals surface area (Å²) in [5.41, 5.74) is 8.26. The Hall–Kier alpha value is -2.76. The molecular weight excluding hydrogens is 268 g/mol. The fourth-order valence-electron chi connectivity index (χ4n) is 2.32. The third kappa shape index (κ3) is 2.35. The van der Waals surface area contributed by atoms with Gasteiger partial charge in [-0.2, -0.15) is 5.10 Å². The highest BCUT2D eigenvalue weighted by molar-refractivity contribution is 5.81. The Morgan fingerprint density at radius 2 is 2.05 bits per heavy atom. The highest BCUT2D eigenvalue weighted by Gasteiger charge is 2.13. The molecule has 108 valence electrons. The molecule has 3 rings (SSSR count). The van der Waals surface area contributed by atoms with Crippen LogP contribution in [0, 0.1) is 0 Å². The lowest BCUT2D eigenvalue weighted by Crippen LogP contribution is -2.06. The molecule has 2 N–H and O–H groups in total. The van der Waals surface area contributed by atoms with Crippen LogP contribution in [-0.4, -0.2) is 29.0 Å². The minimum absolute atomic E-state index is 0.479. The number of rotatable bonds is 4. The molecule has 3 aromatic rings. The van der Waals surface area contributed by atoms with Crippen molar-refractivity contribution in [3.63, 3.8) is 0 Å². The summed E-state index contributed by atoms with van der Waals surface area (Å²) in [6, 6.07) is 7.47. The van der Waals surface area contributed by atoms with Gasteiger partial charge in [-0.05, 0) is 18.2 Å². The van der Waals surface area contributed by atoms with E-state index in [-0.39, 0.29) is 0 Å². The third-order valence-corrected chi connectivity index (χ3v) is 3.33. The fraction of sp³-hybridized carbons (Fsp3) is 0.200. The van der Waals surface area contributed by atoms with E-state index in [4.69, 9.17) is 15.2 Å². The normalized spacial score (nSPS) is 10.8. The minimum atomic E-state index is 0.479. The van der Waals surface area contributed by atoms with Crippen molar-refractivity contribution in [2.24, 2.45) is 0 Å². The van der Waals surface area contributed by atoms with Gasteiger partial charge in [-0.15, -0.1) is 0 Å². The fourth-order valence-corrected chi connectivity index (χ4v) is 2.32. The lowest BCUT2D eigenvalue weighted by atomic mass is 10.2. The number of benzene rings is 1. The number of fused-ring (bicyclic) bond motifs is 1. The van der Waals surface area contributed by atoms with Crippen molar-refractivity contribution in [2.75, 3.05) is 20.0 Å². The van der Waals surface area contributed by atoms with Crippen molar-refractivity contribution in [3.05, 3.63) is 42.4 Å². The number of pyridine rings is 1. The third-order valence-electron chi connectivity index (χ3n) is 3.33. The number of nitrogens with zero attached hydrogens (tertiary/aromatic N) is 3. The van der Waals surface area contributed by atoms with Gasteiger partial charge in [0.25, 0.3) is 0 Å². The molecule has 0 amide bonds. The van der Waals surface area contributed by atoms with Crippen LogP contribution in [-0.2, 0) is 6.54 Å². The Morgan fingerprint density at radius 3 is 2.81 bits per heavy atom. The Kier molecular flexibility index (Phi) is 3.35. The van der Waals surface area contributed by atoms with E-state index in [0.717, 1.165) is 16.6 Å². The molecule has 1 aromatic carbocycles. The zero-order valence-electron chi connectivity index (χ0n) is 11.9. The first-order chi connectivity index (χ1) is 10.2. The predicted octanol–water partition coefficient (Wildman–Crippen LogP) is 2.08. The summed E-state index contributed by atoms with van der Waals surface area (Å²) < 4.78 is 12.5. The second kappa shape index (κ2) is 5.32. The maximum absolute atomic E-state index is 5.85. The Balaban J connectivity index is 2.04. The van der Waals surface area contributed by atoms with Crippen LogP contribution in [0.25, 0.3) is 10.9 Å². The SMILES string of the molecule is COc1ccnc(Cn2ncc3ccc(N)cc32)c1OC. The molecule has 21 heavy (non-hydrogen) atoms. The predicted molar refractivity (Wildman–Crippen MR) is 80.6 cm³/mol. The van der Waals surface area contributed by atoms with Crippen molar-refractivity contribution in [2.45, 2.75) is 6.54 Å². The Bertz CT molecular complexity index is 782. The number of nitrogens with two attached hydrogens (primary N) is 1. The number of methoxy groups -OCH3 is 2. The molecule has 6 nitrogen and oxygen atoms in total. The van der Waals surface area contributed by atoms with E-state index < -0.39 is 0 Å². The summed E-state index contributed by atoms with van der Waals surface area (Å²) in [6.07, 6.45) is 3.50. The molecule has 0 aliphatic heterocycles. The first-order valence-electron chi connectivity index (χ1n) is 6.50. The van der Waals surface area contributed by atoms with Gasteiger partial charge >= 0.3 is 0 Å². The molecule has 0 saturated heterocycles. The molecule has 6 heteroatoms. The van der Waals surface area contributed by atoms with Crippen LogP contribution in [0.2, 0.25) is 0 Å². The Morgan fingerprint density at radius 1 is 1.19 bits per heavy atom. The first kappa shape index (κ1) is 13.2. The molecule has 0 fully saturated rings. The summed E-state index contributed by atoms with van der Waals surface area (Å²) in [5.74, 6) is 1.27. The maximum atomic E-state index is 5.85. The van der Waals surface area contributed by atoms with Crippen LogP contribution in [0.5, 0.6) is 11.5 Å². The van der Waals surface area contributed by atoms with E-state index in [9.17, 15) is 0 Å². The zero-order valence-corrected chi connectivity index (χ0v) is 11.9. The number of anilines is 1. The summed E-state index contributed by atoms with van der Waals surface area (Å²) in [7, 11) is 3.20. The molecule has 0 atom stereocenters. The van der Waals surface area contributed by atoms with E-state index >= 15 is 0 Å². The van der Waals surface area contributed by atoms with Crippen LogP contribution in [0.4, 0.5) is 5.69 Å². The van der Waals surface area contributed by atoms with Gasteiger partial charge in [0.2, 0.25) is 0 Å². The quantitative estimate of drug-likeness (QED) is 0.742. The Labute approximate surface area is 122 Å². The number of aromatic nitrogens is 3. The van der Waals surface area contributed by atoms with Gasteiger partial charge in [-0.3, -0.25) is 9.67 Å². The largest absolute Gasteiger partial charge is 0.493 e.